The fourth-order valence-corrected chi connectivity index (χ4v) is 3.11. The van der Waals surface area contributed by atoms with E-state index in [2.05, 4.69) is 21.0 Å². The maximum absolute atomic E-state index is 12.6. The molecule has 1 heterocycles. The molecule has 0 spiro atoms. The first-order valence-corrected chi connectivity index (χ1v) is 7.68. The van der Waals surface area contributed by atoms with Gasteiger partial charge in [-0.1, -0.05) is 37.3 Å². The molecule has 2 rings (SSSR count). The van der Waals surface area contributed by atoms with Gasteiger partial charge < -0.3 is 4.74 Å². The summed E-state index contributed by atoms with van der Waals surface area (Å²) in [7, 11) is 3.42. The second-order valence-electron chi connectivity index (χ2n) is 4.85. The van der Waals surface area contributed by atoms with E-state index in [1.165, 1.54) is 0 Å². The van der Waals surface area contributed by atoms with Gasteiger partial charge in [0.25, 0.3) is 0 Å². The highest BCUT2D eigenvalue weighted by Crippen LogP contribution is 2.25. The van der Waals surface area contributed by atoms with Gasteiger partial charge in [-0.2, -0.15) is 5.10 Å². The number of methoxy groups -OCH3 is 1. The minimum absolute atomic E-state index is 0.0232. The smallest absolute Gasteiger partial charge is 0.172 e. The van der Waals surface area contributed by atoms with Crippen molar-refractivity contribution in [1.29, 1.82) is 0 Å². The summed E-state index contributed by atoms with van der Waals surface area (Å²) in [6.45, 7) is 2.04. The van der Waals surface area contributed by atoms with Gasteiger partial charge in [0.1, 0.15) is 6.10 Å². The van der Waals surface area contributed by atoms with Crippen molar-refractivity contribution in [1.82, 2.24) is 9.78 Å². The summed E-state index contributed by atoms with van der Waals surface area (Å²) in [6, 6.07) is 9.54. The van der Waals surface area contributed by atoms with Crippen LogP contribution in [0.1, 0.15) is 30.0 Å². The zero-order valence-electron chi connectivity index (χ0n) is 12.5. The van der Waals surface area contributed by atoms with E-state index in [0.717, 1.165) is 27.8 Å². The Hall–Kier alpha value is -1.46. The molecule has 1 atom stereocenters. The van der Waals surface area contributed by atoms with E-state index in [-0.39, 0.29) is 12.2 Å². The van der Waals surface area contributed by atoms with E-state index in [4.69, 9.17) is 4.74 Å². The Morgan fingerprint density at radius 1 is 1.38 bits per heavy atom. The molecule has 0 aliphatic heterocycles. The number of ketones is 1. The molecule has 21 heavy (non-hydrogen) atoms. The summed E-state index contributed by atoms with van der Waals surface area (Å²) < 4.78 is 8.07. The predicted molar refractivity (Wildman–Crippen MR) is 85.2 cm³/mol. The number of benzene rings is 1. The highest BCUT2D eigenvalue weighted by Gasteiger charge is 2.23. The van der Waals surface area contributed by atoms with Crippen LogP contribution >= 0.6 is 15.9 Å². The Morgan fingerprint density at radius 2 is 2.05 bits per heavy atom. The van der Waals surface area contributed by atoms with Gasteiger partial charge in [-0.15, -0.1) is 0 Å². The molecule has 0 saturated heterocycles. The van der Waals surface area contributed by atoms with Crippen molar-refractivity contribution >= 4 is 21.7 Å². The molecule has 4 nitrogen and oxygen atoms in total. The maximum atomic E-state index is 12.6. The third kappa shape index (κ3) is 3.41. The van der Waals surface area contributed by atoms with Gasteiger partial charge in [0.2, 0.25) is 0 Å². The average Bonchev–Trinajstić information content (AvgIpc) is 2.76. The number of hydrogen-bond acceptors (Lipinski definition) is 3. The van der Waals surface area contributed by atoms with Gasteiger partial charge in [-0.25, -0.2) is 0 Å². The molecule has 2 aromatic rings. The summed E-state index contributed by atoms with van der Waals surface area (Å²) in [5.41, 5.74) is 2.72. The first-order chi connectivity index (χ1) is 10.1. The monoisotopic (exact) mass is 350 g/mol. The number of carbonyl (C=O) groups is 1. The summed E-state index contributed by atoms with van der Waals surface area (Å²) >= 11 is 3.54. The minimum Gasteiger partial charge on any atom is -0.369 e. The minimum atomic E-state index is -0.543. The van der Waals surface area contributed by atoms with Crippen LogP contribution < -0.4 is 0 Å². The van der Waals surface area contributed by atoms with Crippen LogP contribution in [0.25, 0.3) is 0 Å². The second-order valence-corrected chi connectivity index (χ2v) is 5.65. The molecule has 0 aliphatic carbocycles. The summed E-state index contributed by atoms with van der Waals surface area (Å²) in [5.74, 6) is 0.0232. The lowest BCUT2D eigenvalue weighted by molar-refractivity contribution is -0.128. The number of nitrogens with zero attached hydrogens (tertiary/aromatic N) is 2. The molecular formula is C16H19BrN2O2. The Labute approximate surface area is 133 Å². The SMILES string of the molecule is CCc1nn(C)c(CC(=O)C(OC)c2ccccc2)c1Br. The molecule has 5 heteroatoms. The number of aryl methyl sites for hydroxylation is 2. The number of rotatable bonds is 6. The molecule has 112 valence electrons. The Kier molecular flexibility index (Phi) is 5.31. The average molecular weight is 351 g/mol. The first-order valence-electron chi connectivity index (χ1n) is 6.89. The summed E-state index contributed by atoms with van der Waals surface area (Å²) in [5, 5.41) is 4.42. The van der Waals surface area contributed by atoms with Crippen LogP contribution in [-0.4, -0.2) is 22.7 Å². The van der Waals surface area contributed by atoms with E-state index in [1.807, 2.05) is 44.3 Å². The fourth-order valence-electron chi connectivity index (χ4n) is 2.35. The van der Waals surface area contributed by atoms with Crippen LogP contribution in [-0.2, 0) is 29.4 Å². The van der Waals surface area contributed by atoms with Gasteiger partial charge in [-0.3, -0.25) is 9.48 Å². The third-order valence-corrected chi connectivity index (χ3v) is 4.39. The van der Waals surface area contributed by atoms with Crippen LogP contribution in [0, 0.1) is 0 Å². The number of carbonyl (C=O) groups excluding carboxylic acids is 1. The van der Waals surface area contributed by atoms with Crippen LogP contribution in [0.15, 0.2) is 34.8 Å². The van der Waals surface area contributed by atoms with Crippen molar-refractivity contribution in [3.05, 3.63) is 51.8 Å². The Bertz CT molecular complexity index is 623. The maximum Gasteiger partial charge on any atom is 0.172 e. The van der Waals surface area contributed by atoms with E-state index in [9.17, 15) is 4.79 Å². The highest BCUT2D eigenvalue weighted by atomic mass is 79.9. The first kappa shape index (κ1) is 15.9. The van der Waals surface area contributed by atoms with E-state index in [1.54, 1.807) is 11.8 Å². The van der Waals surface area contributed by atoms with Crippen molar-refractivity contribution in [2.75, 3.05) is 7.11 Å². The normalized spacial score (nSPS) is 12.4. The van der Waals surface area contributed by atoms with Gasteiger partial charge in [0.05, 0.1) is 22.3 Å². The topological polar surface area (TPSA) is 44.1 Å². The lowest BCUT2D eigenvalue weighted by Crippen LogP contribution is -2.18. The van der Waals surface area contributed by atoms with Crippen LogP contribution in [0.2, 0.25) is 0 Å². The highest BCUT2D eigenvalue weighted by molar-refractivity contribution is 9.10. The summed E-state index contributed by atoms with van der Waals surface area (Å²) in [6.07, 6.45) is 0.574. The lowest BCUT2D eigenvalue weighted by atomic mass is 10.0. The standard InChI is InChI=1S/C16H19BrN2O2/c1-4-12-15(17)13(19(2)18-12)10-14(20)16(21-3)11-8-6-5-7-9-11/h5-9,16H,4,10H2,1-3H3. The number of halogens is 1. The predicted octanol–water partition coefficient (Wildman–Crippen LogP) is 3.24. The van der Waals surface area contributed by atoms with Crippen LogP contribution in [0.4, 0.5) is 0 Å². The molecule has 0 amide bonds. The van der Waals surface area contributed by atoms with Crippen molar-refractivity contribution < 1.29 is 9.53 Å². The number of Topliss-reactive ketones (excluding diaryl/α,β-unsaturated/α-hetero) is 1. The molecule has 0 radical (unpaired) electrons. The summed E-state index contributed by atoms with van der Waals surface area (Å²) in [4.78, 5) is 12.6. The van der Waals surface area contributed by atoms with Gasteiger partial charge in [0, 0.05) is 14.2 Å². The van der Waals surface area contributed by atoms with Gasteiger partial charge >= 0.3 is 0 Å². The van der Waals surface area contributed by atoms with Gasteiger partial charge in [0.15, 0.2) is 5.78 Å². The van der Waals surface area contributed by atoms with Gasteiger partial charge in [-0.05, 0) is 27.9 Å². The van der Waals surface area contributed by atoms with E-state index < -0.39 is 6.10 Å². The largest absolute Gasteiger partial charge is 0.369 e. The molecule has 0 bridgehead atoms. The molecule has 1 unspecified atom stereocenters. The van der Waals surface area contributed by atoms with Crippen LogP contribution in [0.5, 0.6) is 0 Å². The number of aromatic nitrogens is 2. The molecule has 1 aromatic carbocycles. The molecule has 0 aliphatic rings. The van der Waals surface area contributed by atoms with E-state index in [0.29, 0.717) is 0 Å². The second kappa shape index (κ2) is 7.00. The lowest BCUT2D eigenvalue weighted by Gasteiger charge is -2.14. The van der Waals surface area contributed by atoms with Crippen LogP contribution in [0.3, 0.4) is 0 Å². The zero-order chi connectivity index (χ0) is 15.4. The quantitative estimate of drug-likeness (QED) is 0.803. The molecule has 0 fully saturated rings. The molecule has 0 N–H and O–H groups in total. The fraction of sp³-hybridized carbons (Fsp3) is 0.375. The zero-order valence-corrected chi connectivity index (χ0v) is 14.1. The van der Waals surface area contributed by atoms with Crippen molar-refractivity contribution in [2.45, 2.75) is 25.9 Å². The van der Waals surface area contributed by atoms with E-state index >= 15 is 0 Å². The molecular weight excluding hydrogens is 332 g/mol. The van der Waals surface area contributed by atoms with Crippen molar-refractivity contribution in [3.8, 4) is 0 Å². The van der Waals surface area contributed by atoms with Crippen molar-refractivity contribution in [3.63, 3.8) is 0 Å². The van der Waals surface area contributed by atoms with Crippen molar-refractivity contribution in [2.24, 2.45) is 7.05 Å². The Balaban J connectivity index is 2.23. The third-order valence-electron chi connectivity index (χ3n) is 3.48. The number of ether oxygens (including phenoxy) is 1. The number of hydrogen-bond donors (Lipinski definition) is 0. The Morgan fingerprint density at radius 3 is 2.57 bits per heavy atom. The molecule has 1 aromatic heterocycles. The molecule has 0 saturated carbocycles.